The normalized spacial score (nSPS) is 16.5. The largest absolute Gasteiger partial charge is 0.495 e. The van der Waals surface area contributed by atoms with E-state index in [1.54, 1.807) is 0 Å². The Kier molecular flexibility index (Phi) is 4.69. The number of likely N-dealkylation sites (N-methyl/N-ethyl adjacent to an activating group) is 1. The van der Waals surface area contributed by atoms with Gasteiger partial charge in [0.25, 0.3) is 5.69 Å². The Balaban J connectivity index is 2.47. The Labute approximate surface area is 129 Å². The molecule has 0 aliphatic heterocycles. The van der Waals surface area contributed by atoms with Gasteiger partial charge in [0.05, 0.1) is 12.0 Å². The lowest BCUT2D eigenvalue weighted by Crippen LogP contribution is -2.43. The Morgan fingerprint density at radius 1 is 1.50 bits per heavy atom. The molecule has 122 valence electrons. The minimum atomic E-state index is -3.93. The highest BCUT2D eigenvalue weighted by molar-refractivity contribution is 7.89. The van der Waals surface area contributed by atoms with Crippen molar-refractivity contribution < 1.29 is 18.1 Å². The second-order valence-corrected chi connectivity index (χ2v) is 7.22. The maximum Gasteiger partial charge on any atom is 0.271 e. The fraction of sp³-hybridized carbons (Fsp3) is 0.538. The number of nitro benzene ring substituents is 1. The Hall–Kier alpha value is -1.71. The number of ether oxygens (including phenoxy) is 1. The molecule has 0 heterocycles. The van der Waals surface area contributed by atoms with Crippen LogP contribution in [0.2, 0.25) is 0 Å². The summed E-state index contributed by atoms with van der Waals surface area (Å²) in [6, 6.07) is 3.20. The summed E-state index contributed by atoms with van der Waals surface area (Å²) in [6.07, 6.45) is 1.88. The molecule has 0 bridgehead atoms. The molecule has 0 spiro atoms. The van der Waals surface area contributed by atoms with Gasteiger partial charge >= 0.3 is 0 Å². The van der Waals surface area contributed by atoms with Crippen molar-refractivity contribution in [1.82, 2.24) is 4.31 Å². The van der Waals surface area contributed by atoms with Gasteiger partial charge in [0.2, 0.25) is 10.0 Å². The molecule has 22 heavy (non-hydrogen) atoms. The Morgan fingerprint density at radius 2 is 2.14 bits per heavy atom. The van der Waals surface area contributed by atoms with Crippen molar-refractivity contribution in [2.75, 3.05) is 20.7 Å². The van der Waals surface area contributed by atoms with Gasteiger partial charge in [-0.15, -0.1) is 0 Å². The van der Waals surface area contributed by atoms with Crippen LogP contribution in [-0.2, 0) is 10.0 Å². The second-order valence-electron chi connectivity index (χ2n) is 5.25. The first-order chi connectivity index (χ1) is 10.3. The molecular weight excluding hydrogens is 310 g/mol. The molecule has 0 amide bonds. The molecule has 2 rings (SSSR count). The number of non-ortho nitro benzene ring substituents is 1. The summed E-state index contributed by atoms with van der Waals surface area (Å²) in [4.78, 5) is 10.0. The molecule has 1 aliphatic rings. The van der Waals surface area contributed by atoms with Crippen LogP contribution in [0.15, 0.2) is 23.1 Å². The lowest BCUT2D eigenvalue weighted by molar-refractivity contribution is -0.385. The Morgan fingerprint density at radius 3 is 2.59 bits per heavy atom. The highest BCUT2D eigenvalue weighted by Crippen LogP contribution is 2.38. The van der Waals surface area contributed by atoms with Crippen molar-refractivity contribution >= 4 is 15.7 Å². The summed E-state index contributed by atoms with van der Waals surface area (Å²) in [6.45, 7) is 0.206. The smallest absolute Gasteiger partial charge is 0.271 e. The van der Waals surface area contributed by atoms with Crippen LogP contribution in [0.1, 0.15) is 12.8 Å². The quantitative estimate of drug-likeness (QED) is 0.588. The number of nitrogens with two attached hydrogens (primary N) is 1. The highest BCUT2D eigenvalue weighted by atomic mass is 32.2. The molecule has 0 radical (unpaired) electrons. The van der Waals surface area contributed by atoms with Gasteiger partial charge in [0.15, 0.2) is 0 Å². The van der Waals surface area contributed by atoms with Crippen molar-refractivity contribution in [3.63, 3.8) is 0 Å². The monoisotopic (exact) mass is 329 g/mol. The molecule has 1 aromatic carbocycles. The first kappa shape index (κ1) is 16.7. The maximum atomic E-state index is 12.8. The van der Waals surface area contributed by atoms with E-state index in [1.165, 1.54) is 30.6 Å². The average Bonchev–Trinajstić information content (AvgIpc) is 3.31. The minimum Gasteiger partial charge on any atom is -0.495 e. The number of hydrogen-bond donors (Lipinski definition) is 1. The topological polar surface area (TPSA) is 116 Å². The summed E-state index contributed by atoms with van der Waals surface area (Å²) < 4.78 is 31.8. The zero-order chi connectivity index (χ0) is 16.5. The molecule has 1 fully saturated rings. The van der Waals surface area contributed by atoms with Gasteiger partial charge in [0, 0.05) is 31.8 Å². The first-order valence-corrected chi connectivity index (χ1v) is 8.27. The molecule has 1 saturated carbocycles. The molecule has 0 aromatic heterocycles. The first-order valence-electron chi connectivity index (χ1n) is 6.83. The fourth-order valence-corrected chi connectivity index (χ4v) is 4.03. The van der Waals surface area contributed by atoms with E-state index in [0.717, 1.165) is 18.9 Å². The van der Waals surface area contributed by atoms with Crippen LogP contribution in [-0.4, -0.2) is 44.4 Å². The SMILES string of the molecule is COc1ccc([N+](=O)[O-])cc1S(=O)(=O)N(C)C(CN)C1CC1. The number of rotatable bonds is 7. The van der Waals surface area contributed by atoms with Crippen LogP contribution < -0.4 is 10.5 Å². The number of nitro groups is 1. The predicted molar refractivity (Wildman–Crippen MR) is 80.2 cm³/mol. The molecule has 0 saturated heterocycles. The van der Waals surface area contributed by atoms with Gasteiger partial charge in [-0.1, -0.05) is 0 Å². The number of hydrogen-bond acceptors (Lipinski definition) is 6. The minimum absolute atomic E-state index is 0.0732. The van der Waals surface area contributed by atoms with Gasteiger partial charge in [-0.25, -0.2) is 8.42 Å². The molecule has 2 N–H and O–H groups in total. The lowest BCUT2D eigenvalue weighted by Gasteiger charge is -2.26. The van der Waals surface area contributed by atoms with E-state index in [1.807, 2.05) is 0 Å². The summed E-state index contributed by atoms with van der Waals surface area (Å²) in [5, 5.41) is 10.9. The van der Waals surface area contributed by atoms with Crippen LogP contribution in [0.5, 0.6) is 5.75 Å². The summed E-state index contributed by atoms with van der Waals surface area (Å²) in [5.74, 6) is 0.318. The molecule has 8 nitrogen and oxygen atoms in total. The molecule has 9 heteroatoms. The predicted octanol–water partition coefficient (Wildman–Crippen LogP) is 0.961. The lowest BCUT2D eigenvalue weighted by atomic mass is 10.2. The van der Waals surface area contributed by atoms with Crippen molar-refractivity contribution in [3.8, 4) is 5.75 Å². The van der Waals surface area contributed by atoms with Crippen LogP contribution >= 0.6 is 0 Å². The van der Waals surface area contributed by atoms with Crippen molar-refractivity contribution in [1.29, 1.82) is 0 Å². The van der Waals surface area contributed by atoms with Gasteiger partial charge in [-0.2, -0.15) is 4.31 Å². The summed E-state index contributed by atoms with van der Waals surface area (Å²) >= 11 is 0. The van der Waals surface area contributed by atoms with Crippen molar-refractivity contribution in [2.24, 2.45) is 11.7 Å². The number of nitrogens with zero attached hydrogens (tertiary/aromatic N) is 2. The standard InChI is InChI=1S/C13H19N3O5S/c1-15(11(8-14)9-3-4-9)22(19,20)13-7-10(16(17)18)5-6-12(13)21-2/h5-7,9,11H,3-4,8,14H2,1-2H3. The summed E-state index contributed by atoms with van der Waals surface area (Å²) in [7, 11) is -1.16. The van der Waals surface area contributed by atoms with E-state index < -0.39 is 14.9 Å². The van der Waals surface area contributed by atoms with Gasteiger partial charge in [-0.3, -0.25) is 10.1 Å². The van der Waals surface area contributed by atoms with E-state index in [-0.39, 0.29) is 34.8 Å². The van der Waals surface area contributed by atoms with Crippen molar-refractivity contribution in [2.45, 2.75) is 23.8 Å². The zero-order valence-corrected chi connectivity index (χ0v) is 13.2. The van der Waals surface area contributed by atoms with Crippen LogP contribution in [0.4, 0.5) is 5.69 Å². The average molecular weight is 329 g/mol. The van der Waals surface area contributed by atoms with E-state index in [9.17, 15) is 18.5 Å². The molecule has 1 unspecified atom stereocenters. The van der Waals surface area contributed by atoms with Gasteiger partial charge < -0.3 is 10.5 Å². The summed E-state index contributed by atoms with van der Waals surface area (Å²) in [5.41, 5.74) is 5.39. The molecular formula is C13H19N3O5S. The van der Waals surface area contributed by atoms with Crippen LogP contribution in [0, 0.1) is 16.0 Å². The van der Waals surface area contributed by atoms with E-state index in [0.29, 0.717) is 0 Å². The molecule has 1 atom stereocenters. The third kappa shape index (κ3) is 3.06. The van der Waals surface area contributed by atoms with E-state index >= 15 is 0 Å². The van der Waals surface area contributed by atoms with Crippen LogP contribution in [0.25, 0.3) is 0 Å². The second kappa shape index (κ2) is 6.19. The van der Waals surface area contributed by atoms with E-state index in [4.69, 9.17) is 10.5 Å². The maximum absolute atomic E-state index is 12.8. The fourth-order valence-electron chi connectivity index (χ4n) is 2.43. The third-order valence-electron chi connectivity index (χ3n) is 3.89. The molecule has 1 aromatic rings. The number of sulfonamides is 1. The van der Waals surface area contributed by atoms with E-state index in [2.05, 4.69) is 0 Å². The Bertz CT molecular complexity index is 672. The third-order valence-corrected chi connectivity index (χ3v) is 5.79. The van der Waals surface area contributed by atoms with Crippen molar-refractivity contribution in [3.05, 3.63) is 28.3 Å². The van der Waals surface area contributed by atoms with Gasteiger partial charge in [0.1, 0.15) is 10.6 Å². The molecule has 1 aliphatic carbocycles. The van der Waals surface area contributed by atoms with Gasteiger partial charge in [-0.05, 0) is 24.8 Å². The highest BCUT2D eigenvalue weighted by Gasteiger charge is 2.39. The zero-order valence-electron chi connectivity index (χ0n) is 12.4. The number of benzene rings is 1. The number of methoxy groups -OCH3 is 1. The van der Waals surface area contributed by atoms with Crippen LogP contribution in [0.3, 0.4) is 0 Å².